The van der Waals surface area contributed by atoms with Crippen LogP contribution in [0.2, 0.25) is 0 Å². The summed E-state index contributed by atoms with van der Waals surface area (Å²) in [6.07, 6.45) is 0. The molecule has 0 aliphatic rings. The molecule has 0 aliphatic heterocycles. The van der Waals surface area contributed by atoms with Gasteiger partial charge in [0, 0.05) is 0 Å². The van der Waals surface area contributed by atoms with Gasteiger partial charge in [0.05, 0.1) is 0 Å². The van der Waals surface area contributed by atoms with E-state index in [1.165, 1.54) is 4.79 Å². The third-order valence-corrected chi connectivity index (χ3v) is 1.43. The zero-order valence-electron chi connectivity index (χ0n) is 5.60. The maximum absolute atomic E-state index is 6.73. The number of fused-ring (bicyclic) bond motifs is 1. The number of benzene rings is 1. The quantitative estimate of drug-likeness (QED) is 0.616. The smallest absolute Gasteiger partial charge is 0.117 e. The van der Waals surface area contributed by atoms with Crippen molar-refractivity contribution in [2.75, 3.05) is 0 Å². The Kier molecular flexibility index (Phi) is 1.15. The fourth-order valence-electron chi connectivity index (χ4n) is 0.930. The second-order valence-electron chi connectivity index (χ2n) is 2.07. The number of hydrogen-bond donors (Lipinski definition) is 1. The lowest BCUT2D eigenvalue weighted by Crippen LogP contribution is -1.87. The number of aromatic nitrogens is 3. The van der Waals surface area contributed by atoms with Gasteiger partial charge >= 0.3 is 0 Å². The fraction of sp³-hybridized carbons (Fsp3) is 0. The molecule has 0 fully saturated rings. The average Bonchev–Trinajstić information content (AvgIpc) is 2.47. The summed E-state index contributed by atoms with van der Waals surface area (Å²) in [6, 6.07) is 7.36. The highest BCUT2D eigenvalue weighted by Crippen LogP contribution is 2.08. The topological polar surface area (TPSA) is 66.9 Å². The minimum Gasteiger partial charge on any atom is -0.184 e. The first-order valence-electron chi connectivity index (χ1n) is 3.10. The van der Waals surface area contributed by atoms with Gasteiger partial charge in [-0.2, -0.15) is 5.53 Å². The van der Waals surface area contributed by atoms with Gasteiger partial charge in [0.1, 0.15) is 11.0 Å². The molecule has 0 amide bonds. The molecule has 1 aromatic carbocycles. The van der Waals surface area contributed by atoms with Gasteiger partial charge < -0.3 is 0 Å². The van der Waals surface area contributed by atoms with Gasteiger partial charge in [0.25, 0.3) is 0 Å². The molecule has 0 spiro atoms. The minimum atomic E-state index is 0.752. The van der Waals surface area contributed by atoms with E-state index in [1.54, 1.807) is 0 Å². The van der Waals surface area contributed by atoms with E-state index < -0.39 is 0 Å². The first-order valence-corrected chi connectivity index (χ1v) is 3.10. The lowest BCUT2D eigenvalue weighted by molar-refractivity contribution is 0.652. The first-order chi connectivity index (χ1) is 5.42. The summed E-state index contributed by atoms with van der Waals surface area (Å²) in [5, 5.41) is 10.6. The van der Waals surface area contributed by atoms with E-state index in [1.807, 2.05) is 24.3 Å². The van der Waals surface area contributed by atoms with Crippen LogP contribution in [0.15, 0.2) is 29.5 Å². The van der Waals surface area contributed by atoms with Crippen LogP contribution in [0.25, 0.3) is 11.0 Å². The van der Waals surface area contributed by atoms with Crippen LogP contribution in [-0.4, -0.2) is 15.1 Å². The molecule has 0 saturated heterocycles. The number of hydrogen-bond acceptors (Lipinski definition) is 4. The Balaban J connectivity index is 2.86. The van der Waals surface area contributed by atoms with E-state index in [0.717, 1.165) is 11.0 Å². The maximum Gasteiger partial charge on any atom is 0.117 e. The Hall–Kier alpha value is -1.78. The molecule has 5 heteroatoms. The van der Waals surface area contributed by atoms with E-state index in [0.29, 0.717) is 0 Å². The van der Waals surface area contributed by atoms with Crippen molar-refractivity contribution in [2.45, 2.75) is 0 Å². The molecule has 0 unspecified atom stereocenters. The molecule has 0 bridgehead atoms. The van der Waals surface area contributed by atoms with Crippen molar-refractivity contribution in [3.63, 3.8) is 0 Å². The van der Waals surface area contributed by atoms with Crippen LogP contribution < -0.4 is 0 Å². The molecule has 1 aromatic heterocycles. The van der Waals surface area contributed by atoms with Crippen molar-refractivity contribution < 1.29 is 0 Å². The highest BCUT2D eigenvalue weighted by molar-refractivity contribution is 5.73. The summed E-state index contributed by atoms with van der Waals surface area (Å²) < 4.78 is 0. The van der Waals surface area contributed by atoms with Crippen molar-refractivity contribution in [1.82, 2.24) is 15.1 Å². The lowest BCUT2D eigenvalue weighted by Gasteiger charge is -1.86. The third kappa shape index (κ3) is 0.778. The van der Waals surface area contributed by atoms with Crippen LogP contribution in [0, 0.1) is 5.53 Å². The van der Waals surface area contributed by atoms with Gasteiger partial charge in [0.15, 0.2) is 0 Å². The van der Waals surface area contributed by atoms with Crippen LogP contribution in [0.5, 0.6) is 0 Å². The monoisotopic (exact) mass is 147 g/mol. The number of rotatable bonds is 1. The Morgan fingerprint density at radius 2 is 2.18 bits per heavy atom. The summed E-state index contributed by atoms with van der Waals surface area (Å²) >= 11 is 0. The predicted molar refractivity (Wildman–Crippen MR) is 38.1 cm³/mol. The Morgan fingerprint density at radius 1 is 1.36 bits per heavy atom. The van der Waals surface area contributed by atoms with Crippen LogP contribution in [-0.2, 0) is 0 Å². The molecule has 1 N–H and O–H groups in total. The Labute approximate surface area is 62.1 Å². The van der Waals surface area contributed by atoms with E-state index in [9.17, 15) is 0 Å². The highest BCUT2D eigenvalue weighted by atomic mass is 15.6. The highest BCUT2D eigenvalue weighted by Gasteiger charge is 1.99. The largest absolute Gasteiger partial charge is 0.184 e. The summed E-state index contributed by atoms with van der Waals surface area (Å²) in [5.41, 5.74) is 8.23. The van der Waals surface area contributed by atoms with Gasteiger partial charge in [0.2, 0.25) is 0 Å². The molecule has 0 atom stereocenters. The SMILES string of the molecule is N=Nn1nnc2ccccc21. The lowest BCUT2D eigenvalue weighted by atomic mass is 10.3. The minimum absolute atomic E-state index is 0.752. The van der Waals surface area contributed by atoms with Crippen LogP contribution in [0.1, 0.15) is 0 Å². The van der Waals surface area contributed by atoms with Crippen LogP contribution in [0.4, 0.5) is 0 Å². The molecule has 0 saturated carbocycles. The van der Waals surface area contributed by atoms with E-state index in [-0.39, 0.29) is 0 Å². The molecule has 0 radical (unpaired) electrons. The van der Waals surface area contributed by atoms with Gasteiger partial charge in [-0.3, -0.25) is 0 Å². The fourth-order valence-corrected chi connectivity index (χ4v) is 0.930. The summed E-state index contributed by atoms with van der Waals surface area (Å²) in [4.78, 5) is 1.18. The van der Waals surface area contributed by atoms with Gasteiger partial charge in [-0.15, -0.1) is 9.89 Å². The zero-order chi connectivity index (χ0) is 7.68. The zero-order valence-corrected chi connectivity index (χ0v) is 5.60. The molecular formula is C6H5N5. The summed E-state index contributed by atoms with van der Waals surface area (Å²) in [7, 11) is 0. The molecule has 11 heavy (non-hydrogen) atoms. The van der Waals surface area contributed by atoms with Crippen molar-refractivity contribution >= 4 is 11.0 Å². The number of para-hydroxylation sites is 1. The number of nitrogens with zero attached hydrogens (tertiary/aromatic N) is 4. The molecule has 2 rings (SSSR count). The summed E-state index contributed by atoms with van der Waals surface area (Å²) in [6.45, 7) is 0. The molecular weight excluding hydrogens is 142 g/mol. The molecule has 5 nitrogen and oxygen atoms in total. The van der Waals surface area contributed by atoms with Crippen molar-refractivity contribution in [1.29, 1.82) is 5.53 Å². The second kappa shape index (κ2) is 2.12. The second-order valence-corrected chi connectivity index (χ2v) is 2.07. The molecule has 1 heterocycles. The standard InChI is InChI=1S/C6H5N5/c7-9-11-6-4-2-1-3-5(6)8-10-11/h1-4,7H. The maximum atomic E-state index is 6.73. The van der Waals surface area contributed by atoms with Gasteiger partial charge in [-0.05, 0) is 17.3 Å². The van der Waals surface area contributed by atoms with Gasteiger partial charge in [-0.25, -0.2) is 0 Å². The third-order valence-electron chi connectivity index (χ3n) is 1.43. The predicted octanol–water partition coefficient (Wildman–Crippen LogP) is 1.23. The van der Waals surface area contributed by atoms with E-state index in [2.05, 4.69) is 15.5 Å². The molecule has 2 aromatic rings. The van der Waals surface area contributed by atoms with Crippen LogP contribution >= 0.6 is 0 Å². The molecule has 54 valence electrons. The molecule has 0 aliphatic carbocycles. The van der Waals surface area contributed by atoms with Crippen molar-refractivity contribution in [2.24, 2.45) is 5.22 Å². The average molecular weight is 147 g/mol. The Morgan fingerprint density at radius 3 is 3.00 bits per heavy atom. The normalized spacial score (nSPS) is 10.2. The van der Waals surface area contributed by atoms with Crippen molar-refractivity contribution in [3.8, 4) is 0 Å². The van der Waals surface area contributed by atoms with E-state index >= 15 is 0 Å². The van der Waals surface area contributed by atoms with Crippen LogP contribution in [0.3, 0.4) is 0 Å². The Bertz CT molecular complexity index is 391. The van der Waals surface area contributed by atoms with Crippen molar-refractivity contribution in [3.05, 3.63) is 24.3 Å². The number of nitrogens with one attached hydrogen (secondary N) is 1. The summed E-state index contributed by atoms with van der Waals surface area (Å²) in [5.74, 6) is 0. The van der Waals surface area contributed by atoms with Gasteiger partial charge in [-0.1, -0.05) is 17.4 Å². The first kappa shape index (κ1) is 5.96. The van der Waals surface area contributed by atoms with E-state index in [4.69, 9.17) is 5.53 Å².